The second-order valence-electron chi connectivity index (χ2n) is 10.1. The molecule has 2 aromatic rings. The van der Waals surface area contributed by atoms with Crippen molar-refractivity contribution >= 4 is 22.9 Å². The number of aromatic hydroxyl groups is 2. The van der Waals surface area contributed by atoms with Crippen molar-refractivity contribution in [3.63, 3.8) is 0 Å². The maximum absolute atomic E-state index is 13.6. The van der Waals surface area contributed by atoms with Crippen molar-refractivity contribution in [3.8, 4) is 11.5 Å². The largest absolute Gasteiger partial charge is 0.633 e. The van der Waals surface area contributed by atoms with Gasteiger partial charge in [0.1, 0.15) is 11.5 Å². The van der Waals surface area contributed by atoms with Crippen LogP contribution in [-0.2, 0) is 0 Å². The molecule has 0 atom stereocenters. The molecule has 0 amide bonds. The van der Waals surface area contributed by atoms with Gasteiger partial charge in [-0.05, 0) is 24.3 Å². The first kappa shape index (κ1) is 24.5. The van der Waals surface area contributed by atoms with Crippen molar-refractivity contribution in [1.29, 1.82) is 0 Å². The average Bonchev–Trinajstić information content (AvgIpc) is 3.48. The molecule has 2 aliphatic heterocycles. The number of fused-ring (bicyclic) bond motifs is 2. The van der Waals surface area contributed by atoms with E-state index in [1.165, 1.54) is 12.1 Å². The summed E-state index contributed by atoms with van der Waals surface area (Å²) in [5, 5.41) is 52.6. The number of quaternary nitrogens is 2. The van der Waals surface area contributed by atoms with Gasteiger partial charge in [0.25, 0.3) is 0 Å². The van der Waals surface area contributed by atoms with Gasteiger partial charge in [-0.25, -0.2) is 0 Å². The highest BCUT2D eigenvalue weighted by molar-refractivity contribution is 6.33. The van der Waals surface area contributed by atoms with Gasteiger partial charge >= 0.3 is 0 Å². The van der Waals surface area contributed by atoms with Crippen molar-refractivity contribution in [2.75, 3.05) is 63.0 Å². The number of hydroxylamine groups is 6. The third-order valence-corrected chi connectivity index (χ3v) is 7.71. The number of rotatable bonds is 8. The Morgan fingerprint density at radius 3 is 1.36 bits per heavy atom. The number of benzene rings is 2. The summed E-state index contributed by atoms with van der Waals surface area (Å²) in [5.41, 5.74) is 0.482. The molecule has 10 nitrogen and oxygen atoms in total. The lowest BCUT2D eigenvalue weighted by molar-refractivity contribution is -0.866. The summed E-state index contributed by atoms with van der Waals surface area (Å²) in [6, 6.07) is 5.72. The number of carbonyl (C=O) groups excluding carboxylic acids is 2. The first-order valence-corrected chi connectivity index (χ1v) is 12.6. The maximum Gasteiger partial charge on any atom is 0.200 e. The summed E-state index contributed by atoms with van der Waals surface area (Å²) in [6.45, 7) is 3.59. The van der Waals surface area contributed by atoms with Gasteiger partial charge in [-0.1, -0.05) is 0 Å². The highest BCUT2D eigenvalue weighted by Crippen LogP contribution is 2.42. The molecule has 0 bridgehead atoms. The van der Waals surface area contributed by atoms with Crippen molar-refractivity contribution in [3.05, 3.63) is 56.9 Å². The van der Waals surface area contributed by atoms with Crippen molar-refractivity contribution in [2.24, 2.45) is 0 Å². The topological polar surface area (TPSA) is 145 Å². The first-order valence-electron chi connectivity index (χ1n) is 12.6. The Morgan fingerprint density at radius 2 is 1.00 bits per heavy atom. The molecule has 0 radical (unpaired) electrons. The highest BCUT2D eigenvalue weighted by atomic mass is 16.5. The normalized spacial score (nSPS) is 19.7. The molecule has 1 aliphatic carbocycles. The minimum Gasteiger partial charge on any atom is -0.633 e. The van der Waals surface area contributed by atoms with Crippen LogP contribution in [0.1, 0.15) is 57.5 Å². The van der Waals surface area contributed by atoms with Crippen LogP contribution in [0.15, 0.2) is 24.3 Å². The summed E-state index contributed by atoms with van der Waals surface area (Å²) in [7, 11) is 0. The number of nitrogens with one attached hydrogen (secondary N) is 2. The van der Waals surface area contributed by atoms with Gasteiger partial charge in [0.15, 0.2) is 0 Å². The van der Waals surface area contributed by atoms with Crippen LogP contribution >= 0.6 is 0 Å². The van der Waals surface area contributed by atoms with Crippen LogP contribution in [0.25, 0.3) is 0 Å². The number of nitrogens with zero attached hydrogens (tertiary/aromatic N) is 2. The van der Waals surface area contributed by atoms with Crippen molar-refractivity contribution in [1.82, 2.24) is 0 Å². The molecular formula is C26H32N4O6. The Kier molecular flexibility index (Phi) is 6.37. The Bertz CT molecular complexity index is 1110. The molecule has 2 aromatic carbocycles. The summed E-state index contributed by atoms with van der Waals surface area (Å²) in [5.74, 6) is -1.94. The quantitative estimate of drug-likeness (QED) is 0.212. The van der Waals surface area contributed by atoms with Crippen LogP contribution in [0.5, 0.6) is 11.5 Å². The van der Waals surface area contributed by atoms with Crippen molar-refractivity contribution < 1.29 is 29.1 Å². The van der Waals surface area contributed by atoms with Crippen LogP contribution < -0.4 is 10.6 Å². The Hall–Kier alpha value is -3.18. The van der Waals surface area contributed by atoms with Crippen LogP contribution in [0.4, 0.5) is 11.4 Å². The van der Waals surface area contributed by atoms with E-state index in [-0.39, 0.29) is 43.0 Å². The van der Waals surface area contributed by atoms with E-state index >= 15 is 0 Å². The smallest absolute Gasteiger partial charge is 0.200 e. The fraction of sp³-hybridized carbons (Fsp3) is 0.462. The number of ketones is 2. The zero-order chi connectivity index (χ0) is 25.5. The van der Waals surface area contributed by atoms with E-state index in [4.69, 9.17) is 0 Å². The highest BCUT2D eigenvalue weighted by Gasteiger charge is 2.38. The van der Waals surface area contributed by atoms with Gasteiger partial charge < -0.3 is 40.6 Å². The molecular weight excluding hydrogens is 464 g/mol. The molecule has 0 aromatic heterocycles. The molecule has 192 valence electrons. The van der Waals surface area contributed by atoms with Gasteiger partial charge in [-0.15, -0.1) is 0 Å². The van der Waals surface area contributed by atoms with Crippen LogP contribution in [0, 0.1) is 10.4 Å². The molecule has 2 saturated heterocycles. The zero-order valence-corrected chi connectivity index (χ0v) is 20.2. The number of phenols is 2. The Morgan fingerprint density at radius 1 is 0.639 bits per heavy atom. The third kappa shape index (κ3) is 4.41. The lowest BCUT2D eigenvalue weighted by Crippen LogP contribution is -2.42. The third-order valence-electron chi connectivity index (χ3n) is 7.71. The minimum atomic E-state index is -0.585. The van der Waals surface area contributed by atoms with Crippen molar-refractivity contribution in [2.45, 2.75) is 25.7 Å². The maximum atomic E-state index is 13.6. The SMILES string of the molecule is O=C1c2c(O)ccc(O)c2C(=O)c2c(NCC[N+]3([O-])CCCC3)ccc(NCC[N+]3([O-])CCCC3)c21. The van der Waals surface area contributed by atoms with Crippen LogP contribution in [0.3, 0.4) is 0 Å². The van der Waals surface area contributed by atoms with Crippen LogP contribution in [0.2, 0.25) is 0 Å². The predicted octanol–water partition coefficient (Wildman–Crippen LogP) is 2.91. The fourth-order valence-corrected chi connectivity index (χ4v) is 5.72. The predicted molar refractivity (Wildman–Crippen MR) is 135 cm³/mol. The molecule has 10 heteroatoms. The van der Waals surface area contributed by atoms with Crippen LogP contribution in [-0.4, -0.2) is 83.4 Å². The van der Waals surface area contributed by atoms with Gasteiger partial charge in [-0.2, -0.15) is 0 Å². The Balaban J connectivity index is 1.47. The fourth-order valence-electron chi connectivity index (χ4n) is 5.72. The number of likely N-dealkylation sites (tertiary alicyclic amines) is 2. The van der Waals surface area contributed by atoms with E-state index in [0.29, 0.717) is 63.7 Å². The summed E-state index contributed by atoms with van der Waals surface area (Å²) in [6.07, 6.45) is 3.59. The second kappa shape index (κ2) is 9.36. The van der Waals surface area contributed by atoms with E-state index < -0.39 is 11.6 Å². The first-order chi connectivity index (χ1) is 17.2. The number of phenolic OH excluding ortho intramolecular Hbond substituents is 2. The molecule has 2 heterocycles. The van der Waals surface area contributed by atoms with Gasteiger partial charge in [0.2, 0.25) is 11.6 Å². The van der Waals surface area contributed by atoms with E-state index in [0.717, 1.165) is 25.7 Å². The summed E-state index contributed by atoms with van der Waals surface area (Å²) >= 11 is 0. The van der Waals surface area contributed by atoms with E-state index in [1.807, 2.05) is 0 Å². The second-order valence-corrected chi connectivity index (χ2v) is 10.1. The summed E-state index contributed by atoms with van der Waals surface area (Å²) in [4.78, 5) is 27.2. The molecule has 36 heavy (non-hydrogen) atoms. The average molecular weight is 497 g/mol. The van der Waals surface area contributed by atoms with E-state index in [2.05, 4.69) is 10.6 Å². The molecule has 2 fully saturated rings. The molecule has 0 saturated carbocycles. The molecule has 3 aliphatic rings. The Labute approximate surface area is 209 Å². The van der Waals surface area contributed by atoms with E-state index in [1.54, 1.807) is 12.1 Å². The number of hydrogen-bond donors (Lipinski definition) is 4. The standard InChI is InChI=1S/C26H32N4O6/c31-19-7-8-20(32)24-23(19)25(33)21-17(27-9-15-29(35)11-1-2-12-29)5-6-18(22(21)26(24)34)28-10-16-30(36)13-3-4-14-30/h5-8,27-28,31-32H,1-4,9-16H2. The summed E-state index contributed by atoms with van der Waals surface area (Å²) < 4.78 is -0.567. The van der Waals surface area contributed by atoms with Gasteiger partial charge in [0, 0.05) is 37.1 Å². The molecule has 5 rings (SSSR count). The van der Waals surface area contributed by atoms with E-state index in [9.17, 15) is 30.2 Å². The molecule has 0 unspecified atom stereocenters. The van der Waals surface area contributed by atoms with Gasteiger partial charge in [-0.3, -0.25) is 9.59 Å². The van der Waals surface area contributed by atoms with Gasteiger partial charge in [0.05, 0.1) is 74.6 Å². The number of hydrogen-bond acceptors (Lipinski definition) is 8. The number of carbonyl (C=O) groups is 2. The lowest BCUT2D eigenvalue weighted by atomic mass is 9.81. The number of anilines is 2. The lowest BCUT2D eigenvalue weighted by Gasteiger charge is -2.38. The minimum absolute atomic E-state index is 0.0875. The molecule has 0 spiro atoms. The molecule has 4 N–H and O–H groups in total. The monoisotopic (exact) mass is 496 g/mol. The zero-order valence-electron chi connectivity index (χ0n) is 20.2.